The van der Waals surface area contributed by atoms with Crippen molar-refractivity contribution in [3.8, 4) is 5.75 Å². The van der Waals surface area contributed by atoms with Gasteiger partial charge in [-0.1, -0.05) is 6.07 Å². The Balaban J connectivity index is 1.34. The topological polar surface area (TPSA) is 137 Å². The summed E-state index contributed by atoms with van der Waals surface area (Å²) >= 11 is 1.46. The fraction of sp³-hybridized carbons (Fsp3) is 0.579. The maximum Gasteiger partial charge on any atom is 0.526 e. The van der Waals surface area contributed by atoms with Gasteiger partial charge in [0.2, 0.25) is 5.91 Å². The van der Waals surface area contributed by atoms with Crippen LogP contribution in [0.25, 0.3) is 0 Å². The number of fused-ring (bicyclic) bond motifs is 3. The molecule has 1 saturated carbocycles. The highest BCUT2D eigenvalue weighted by molar-refractivity contribution is 7.99. The summed E-state index contributed by atoms with van der Waals surface area (Å²) in [5, 5.41) is 28.8. The molecule has 3 atom stereocenters. The number of aliphatic hydroxyl groups is 1. The Morgan fingerprint density at radius 1 is 1.30 bits per heavy atom. The zero-order valence-electron chi connectivity index (χ0n) is 16.6. The third kappa shape index (κ3) is 4.17. The molecule has 9 nitrogen and oxygen atoms in total. The summed E-state index contributed by atoms with van der Waals surface area (Å²) in [6, 6.07) is 2.91. The number of carboxylic acid groups (broad SMARTS) is 1. The number of aliphatic hydroxyl groups excluding tert-OH is 1. The number of hydrogen-bond acceptors (Lipinski definition) is 8. The molecule has 0 radical (unpaired) electrons. The van der Waals surface area contributed by atoms with Gasteiger partial charge in [0.25, 0.3) is 0 Å². The molecule has 2 unspecified atom stereocenters. The second kappa shape index (κ2) is 8.76. The van der Waals surface area contributed by atoms with E-state index in [1.807, 2.05) is 12.1 Å². The van der Waals surface area contributed by atoms with E-state index in [9.17, 15) is 19.7 Å². The van der Waals surface area contributed by atoms with Crippen LogP contribution in [0.4, 0.5) is 0 Å². The van der Waals surface area contributed by atoms with Crippen molar-refractivity contribution in [2.45, 2.75) is 29.1 Å². The van der Waals surface area contributed by atoms with E-state index in [1.54, 1.807) is 4.90 Å². The smallest absolute Gasteiger partial charge is 0.526 e. The summed E-state index contributed by atoms with van der Waals surface area (Å²) in [7, 11) is -0.932. The van der Waals surface area contributed by atoms with Crippen molar-refractivity contribution in [3.05, 3.63) is 23.3 Å². The van der Waals surface area contributed by atoms with Crippen LogP contribution < -0.4 is 10.4 Å². The third-order valence-electron chi connectivity index (χ3n) is 6.07. The summed E-state index contributed by atoms with van der Waals surface area (Å²) in [6.45, 7) is 2.93. The van der Waals surface area contributed by atoms with E-state index in [-0.39, 0.29) is 29.8 Å². The fourth-order valence-electron chi connectivity index (χ4n) is 4.21. The number of rotatable bonds is 7. The van der Waals surface area contributed by atoms with Gasteiger partial charge >= 0.3 is 13.1 Å². The van der Waals surface area contributed by atoms with Crippen LogP contribution in [0.5, 0.6) is 5.75 Å². The van der Waals surface area contributed by atoms with Gasteiger partial charge in [-0.3, -0.25) is 9.69 Å². The van der Waals surface area contributed by atoms with Crippen LogP contribution in [0.15, 0.2) is 17.0 Å². The van der Waals surface area contributed by atoms with Gasteiger partial charge in [-0.05, 0) is 24.0 Å². The summed E-state index contributed by atoms with van der Waals surface area (Å²) in [4.78, 5) is 28.5. The van der Waals surface area contributed by atoms with Gasteiger partial charge in [-0.25, -0.2) is 4.79 Å². The highest BCUT2D eigenvalue weighted by Gasteiger charge is 2.54. The molecule has 1 aromatic carbocycles. The number of carbonyl (C=O) groups is 2. The summed E-state index contributed by atoms with van der Waals surface area (Å²) in [5.41, 5.74) is 6.62. The van der Waals surface area contributed by atoms with Crippen LogP contribution in [0, 0.1) is 0 Å². The highest BCUT2D eigenvalue weighted by atomic mass is 32.2. The van der Waals surface area contributed by atoms with E-state index in [1.165, 1.54) is 11.8 Å². The Morgan fingerprint density at radius 2 is 2.03 bits per heavy atom. The Hall–Kier alpha value is -1.79. The molecular formula is C19H26BN3O6S. The number of nitrogens with zero attached hydrogens (tertiary/aromatic N) is 2. The van der Waals surface area contributed by atoms with E-state index < -0.39 is 19.1 Å². The van der Waals surface area contributed by atoms with E-state index in [4.69, 9.17) is 15.5 Å². The molecule has 1 saturated heterocycles. The van der Waals surface area contributed by atoms with Gasteiger partial charge < -0.3 is 30.5 Å². The van der Waals surface area contributed by atoms with Crippen LogP contribution >= 0.6 is 11.8 Å². The molecule has 0 aromatic heterocycles. The molecule has 2 aliphatic heterocycles. The van der Waals surface area contributed by atoms with Crippen molar-refractivity contribution in [1.82, 2.24) is 9.80 Å². The Labute approximate surface area is 179 Å². The first kappa shape index (κ1) is 21.4. The fourth-order valence-corrected chi connectivity index (χ4v) is 5.27. The van der Waals surface area contributed by atoms with Gasteiger partial charge in [-0.15, -0.1) is 11.8 Å². The van der Waals surface area contributed by atoms with Crippen LogP contribution in [-0.4, -0.2) is 95.2 Å². The average molecular weight is 435 g/mol. The van der Waals surface area contributed by atoms with Crippen LogP contribution in [-0.2, 0) is 4.79 Å². The number of carbonyl (C=O) groups excluding carboxylic acids is 1. The molecule has 1 aromatic rings. The van der Waals surface area contributed by atoms with Crippen molar-refractivity contribution in [2.75, 3.05) is 45.1 Å². The number of amides is 1. The highest BCUT2D eigenvalue weighted by Crippen LogP contribution is 2.60. The number of hydrogen-bond donors (Lipinski definition) is 4. The molecule has 4 rings (SSSR count). The lowest BCUT2D eigenvalue weighted by atomic mass is 9.77. The summed E-state index contributed by atoms with van der Waals surface area (Å²) in [5.74, 6) is -0.00234. The molecule has 2 fully saturated rings. The zero-order valence-corrected chi connectivity index (χ0v) is 17.4. The van der Waals surface area contributed by atoms with Gasteiger partial charge in [0, 0.05) is 49.2 Å². The van der Waals surface area contributed by atoms with Gasteiger partial charge in [0.15, 0.2) is 0 Å². The van der Waals surface area contributed by atoms with Crippen molar-refractivity contribution in [2.24, 2.45) is 5.73 Å². The predicted octanol–water partition coefficient (Wildman–Crippen LogP) is -0.329. The Morgan fingerprint density at radius 3 is 2.70 bits per heavy atom. The van der Waals surface area contributed by atoms with Crippen molar-refractivity contribution >= 4 is 30.8 Å². The average Bonchev–Trinajstić information content (AvgIpc) is 3.54. The van der Waals surface area contributed by atoms with Gasteiger partial charge in [0.05, 0.1) is 6.61 Å². The third-order valence-corrected chi connectivity index (χ3v) is 7.11. The predicted molar refractivity (Wildman–Crippen MR) is 112 cm³/mol. The first-order valence-electron chi connectivity index (χ1n) is 10.2. The minimum Gasteiger partial charge on any atom is -0.535 e. The molecule has 5 N–H and O–H groups in total. The summed E-state index contributed by atoms with van der Waals surface area (Å²) in [6.07, 6.45) is 0.831. The van der Waals surface area contributed by atoms with E-state index >= 15 is 0 Å². The Kier molecular flexibility index (Phi) is 6.26. The minimum atomic E-state index is -1.05. The van der Waals surface area contributed by atoms with Gasteiger partial charge in [-0.2, -0.15) is 0 Å². The van der Waals surface area contributed by atoms with Crippen LogP contribution in [0.1, 0.15) is 28.3 Å². The second-order valence-corrected chi connectivity index (χ2v) is 9.12. The lowest BCUT2D eigenvalue weighted by Crippen LogP contribution is -2.54. The number of nitrogens with two attached hydrogens (primary N) is 1. The van der Waals surface area contributed by atoms with Crippen LogP contribution in [0.2, 0.25) is 5.82 Å². The number of aromatic carboxylic acids is 1. The normalized spacial score (nSPS) is 24.0. The molecule has 1 aliphatic carbocycles. The maximum atomic E-state index is 12.0. The summed E-state index contributed by atoms with van der Waals surface area (Å²) < 4.78 is 5.56. The van der Waals surface area contributed by atoms with Crippen molar-refractivity contribution < 1.29 is 29.5 Å². The molecule has 11 heteroatoms. The number of carboxylic acids is 1. The van der Waals surface area contributed by atoms with Crippen molar-refractivity contribution in [1.29, 1.82) is 0 Å². The Bertz CT molecular complexity index is 835. The monoisotopic (exact) mass is 435 g/mol. The first-order valence-corrected chi connectivity index (χ1v) is 11.1. The molecule has 2 heterocycles. The number of thioether (sulfide) groups is 1. The SMILES string of the molecule is N[C@@H](CO)C(=O)N1CCN(CCSc2ccc3c(c2C(=O)O)OB(O)C2CC32)CC1. The van der Waals surface area contributed by atoms with E-state index in [2.05, 4.69) is 4.90 Å². The molecule has 0 bridgehead atoms. The molecule has 30 heavy (non-hydrogen) atoms. The minimum absolute atomic E-state index is 0.0788. The van der Waals surface area contributed by atoms with E-state index in [0.29, 0.717) is 42.6 Å². The van der Waals surface area contributed by atoms with Crippen molar-refractivity contribution in [3.63, 3.8) is 0 Å². The molecular weight excluding hydrogens is 409 g/mol. The standard InChI is InChI=1S/C19H26BN3O6S/c21-14(10-24)18(25)23-5-3-22(4-6-23)7-8-30-15-2-1-11-12-9-13(12)20(28)29-17(11)16(15)19(26)27/h1-2,12-14,24,28H,3-10,21H2,(H,26,27)/t12?,13?,14-/m0/s1. The molecule has 1 amide bonds. The molecule has 162 valence electrons. The first-order chi connectivity index (χ1) is 14.4. The lowest BCUT2D eigenvalue weighted by molar-refractivity contribution is -0.135. The molecule has 0 spiro atoms. The van der Waals surface area contributed by atoms with E-state index in [0.717, 1.165) is 18.5 Å². The lowest BCUT2D eigenvalue weighted by Gasteiger charge is -2.35. The number of benzene rings is 1. The quantitative estimate of drug-likeness (QED) is 0.335. The van der Waals surface area contributed by atoms with Crippen LogP contribution in [0.3, 0.4) is 0 Å². The maximum absolute atomic E-state index is 12.0. The van der Waals surface area contributed by atoms with Gasteiger partial charge in [0.1, 0.15) is 17.4 Å². The molecule has 3 aliphatic rings. The second-order valence-electron chi connectivity index (χ2n) is 7.98. The largest absolute Gasteiger partial charge is 0.535 e. The zero-order chi connectivity index (χ0) is 21.4. The number of piperazine rings is 1.